The van der Waals surface area contributed by atoms with Gasteiger partial charge < -0.3 is 10.2 Å². The van der Waals surface area contributed by atoms with Crippen LogP contribution in [0, 0.1) is 5.92 Å². The highest BCUT2D eigenvalue weighted by molar-refractivity contribution is 4.96. The van der Waals surface area contributed by atoms with Gasteiger partial charge in [-0.05, 0) is 31.6 Å². The van der Waals surface area contributed by atoms with Crippen molar-refractivity contribution >= 4 is 0 Å². The molecule has 1 unspecified atom stereocenters. The van der Waals surface area contributed by atoms with Crippen molar-refractivity contribution in [3.63, 3.8) is 0 Å². The quantitative estimate of drug-likeness (QED) is 0.550. The number of rotatable bonds is 0. The first-order valence-electron chi connectivity index (χ1n) is 4.61. The van der Waals surface area contributed by atoms with Gasteiger partial charge in [-0.3, -0.25) is 0 Å². The van der Waals surface area contributed by atoms with Crippen molar-refractivity contribution in [1.82, 2.24) is 0 Å². The summed E-state index contributed by atoms with van der Waals surface area (Å²) >= 11 is 0. The third-order valence-electron chi connectivity index (χ3n) is 3.33. The molecule has 11 heavy (non-hydrogen) atoms. The lowest BCUT2D eigenvalue weighted by atomic mass is 9.68. The first-order chi connectivity index (χ1) is 5.21. The Bertz CT molecular complexity index is 158. The minimum absolute atomic E-state index is 0.445. The molecular formula is C9H16O2. The normalized spacial score (nSPS) is 50.7. The summed E-state index contributed by atoms with van der Waals surface area (Å²) in [6, 6.07) is 0. The van der Waals surface area contributed by atoms with Crippen molar-refractivity contribution in [2.75, 3.05) is 0 Å². The average molecular weight is 156 g/mol. The Morgan fingerprint density at radius 2 is 2.00 bits per heavy atom. The van der Waals surface area contributed by atoms with Crippen LogP contribution in [0.15, 0.2) is 0 Å². The number of aliphatic hydroxyl groups is 2. The summed E-state index contributed by atoms with van der Waals surface area (Å²) in [6.07, 6.45) is 5.48. The monoisotopic (exact) mass is 156 g/mol. The van der Waals surface area contributed by atoms with Crippen molar-refractivity contribution in [2.24, 2.45) is 5.92 Å². The predicted molar refractivity (Wildman–Crippen MR) is 42.1 cm³/mol. The van der Waals surface area contributed by atoms with Gasteiger partial charge in [-0.1, -0.05) is 12.8 Å². The maximum atomic E-state index is 9.92. The van der Waals surface area contributed by atoms with E-state index in [2.05, 4.69) is 0 Å². The molecule has 2 N–H and O–H groups in total. The molecule has 0 saturated heterocycles. The molecule has 0 spiro atoms. The molecule has 2 rings (SSSR count). The third-order valence-corrected chi connectivity index (χ3v) is 3.33. The topological polar surface area (TPSA) is 40.5 Å². The van der Waals surface area contributed by atoms with Gasteiger partial charge in [0.2, 0.25) is 0 Å². The molecular weight excluding hydrogens is 140 g/mol. The van der Waals surface area contributed by atoms with Gasteiger partial charge in [-0.15, -0.1) is 0 Å². The fourth-order valence-electron chi connectivity index (χ4n) is 2.61. The van der Waals surface area contributed by atoms with Crippen LogP contribution in [-0.2, 0) is 0 Å². The molecule has 3 atom stereocenters. The van der Waals surface area contributed by atoms with E-state index in [4.69, 9.17) is 0 Å². The smallest absolute Gasteiger partial charge is 0.0908 e. The van der Waals surface area contributed by atoms with Gasteiger partial charge in [-0.25, -0.2) is 0 Å². The Hall–Kier alpha value is -0.0800. The van der Waals surface area contributed by atoms with Crippen LogP contribution in [-0.4, -0.2) is 21.9 Å². The van der Waals surface area contributed by atoms with Crippen molar-refractivity contribution in [3.05, 3.63) is 0 Å². The van der Waals surface area contributed by atoms with Crippen molar-refractivity contribution in [2.45, 2.75) is 50.2 Å². The van der Waals surface area contributed by atoms with E-state index >= 15 is 0 Å². The van der Waals surface area contributed by atoms with Gasteiger partial charge in [0, 0.05) is 0 Å². The van der Waals surface area contributed by atoms with Crippen LogP contribution >= 0.6 is 0 Å². The van der Waals surface area contributed by atoms with Crippen LogP contribution in [0.4, 0.5) is 0 Å². The lowest BCUT2D eigenvalue weighted by Gasteiger charge is -2.44. The Labute approximate surface area is 67.2 Å². The molecule has 2 nitrogen and oxygen atoms in total. The summed E-state index contributed by atoms with van der Waals surface area (Å²) in [5.41, 5.74) is -0.707. The van der Waals surface area contributed by atoms with Gasteiger partial charge in [0.1, 0.15) is 0 Å². The molecule has 0 heterocycles. The molecule has 2 aliphatic rings. The van der Waals surface area contributed by atoms with Gasteiger partial charge in [0.15, 0.2) is 0 Å². The van der Waals surface area contributed by atoms with Gasteiger partial charge in [0.25, 0.3) is 0 Å². The molecule has 0 aliphatic heterocycles. The zero-order valence-corrected chi connectivity index (χ0v) is 6.79. The van der Waals surface area contributed by atoms with Crippen molar-refractivity contribution in [3.8, 4) is 0 Å². The third kappa shape index (κ3) is 1.18. The van der Waals surface area contributed by atoms with E-state index in [1.165, 1.54) is 6.42 Å². The zero-order valence-electron chi connectivity index (χ0n) is 6.79. The molecule has 0 aromatic carbocycles. The van der Waals surface area contributed by atoms with E-state index in [-0.39, 0.29) is 0 Å². The van der Waals surface area contributed by atoms with Crippen molar-refractivity contribution in [1.29, 1.82) is 0 Å². The summed E-state index contributed by atoms with van der Waals surface area (Å²) in [7, 11) is 0. The van der Waals surface area contributed by atoms with Crippen LogP contribution in [0.25, 0.3) is 0 Å². The van der Waals surface area contributed by atoms with E-state index in [0.717, 1.165) is 32.1 Å². The Kier molecular flexibility index (Phi) is 1.69. The molecule has 2 heteroatoms. The summed E-state index contributed by atoms with van der Waals surface area (Å²) in [4.78, 5) is 0. The van der Waals surface area contributed by atoms with Crippen LogP contribution in [0.1, 0.15) is 38.5 Å². The standard InChI is InChI=1S/C9H16O2/c10-8-4-3-7-2-1-5-9(8,11)6-7/h7-8,10-11H,1-6H2/t7-,8?,9+/m1/s1. The minimum atomic E-state index is -0.707. The molecule has 0 amide bonds. The van der Waals surface area contributed by atoms with Crippen LogP contribution in [0.2, 0.25) is 0 Å². The van der Waals surface area contributed by atoms with Crippen LogP contribution in [0.5, 0.6) is 0 Å². The lowest BCUT2D eigenvalue weighted by Crippen LogP contribution is -2.49. The number of aliphatic hydroxyl groups excluding tert-OH is 1. The maximum Gasteiger partial charge on any atom is 0.0908 e. The fraction of sp³-hybridized carbons (Fsp3) is 1.00. The Morgan fingerprint density at radius 3 is 2.73 bits per heavy atom. The summed E-state index contributed by atoms with van der Waals surface area (Å²) in [5, 5.41) is 19.5. The largest absolute Gasteiger partial charge is 0.390 e. The zero-order chi connectivity index (χ0) is 7.90. The molecule has 0 radical (unpaired) electrons. The predicted octanol–water partition coefficient (Wildman–Crippen LogP) is 1.06. The second kappa shape index (κ2) is 2.46. The number of fused-ring (bicyclic) bond motifs is 2. The SMILES string of the molecule is OC1CC[C@H]2CCC[C@]1(O)C2. The fourth-order valence-corrected chi connectivity index (χ4v) is 2.61. The van der Waals surface area contributed by atoms with Crippen molar-refractivity contribution < 1.29 is 10.2 Å². The molecule has 2 bridgehead atoms. The van der Waals surface area contributed by atoms with E-state index in [0.29, 0.717) is 5.92 Å². The number of hydrogen-bond acceptors (Lipinski definition) is 2. The molecule has 0 aromatic heterocycles. The second-order valence-electron chi connectivity index (χ2n) is 4.16. The van der Waals surface area contributed by atoms with Gasteiger partial charge in [-0.2, -0.15) is 0 Å². The molecule has 2 saturated carbocycles. The lowest BCUT2D eigenvalue weighted by molar-refractivity contribution is -0.133. The average Bonchev–Trinajstić information content (AvgIpc) is 1.98. The highest BCUT2D eigenvalue weighted by atomic mass is 16.3. The first-order valence-corrected chi connectivity index (χ1v) is 4.61. The van der Waals surface area contributed by atoms with E-state index < -0.39 is 11.7 Å². The summed E-state index contributed by atoms with van der Waals surface area (Å²) < 4.78 is 0. The minimum Gasteiger partial charge on any atom is -0.390 e. The highest BCUT2D eigenvalue weighted by Gasteiger charge is 2.43. The van der Waals surface area contributed by atoms with E-state index in [1.54, 1.807) is 0 Å². The van der Waals surface area contributed by atoms with Gasteiger partial charge >= 0.3 is 0 Å². The first kappa shape index (κ1) is 7.56. The summed E-state index contributed by atoms with van der Waals surface area (Å²) in [6.45, 7) is 0. The van der Waals surface area contributed by atoms with Crippen LogP contribution in [0.3, 0.4) is 0 Å². The molecule has 2 fully saturated rings. The molecule has 2 aliphatic carbocycles. The molecule has 64 valence electrons. The van der Waals surface area contributed by atoms with E-state index in [1.807, 2.05) is 0 Å². The Balaban J connectivity index is 2.13. The highest BCUT2D eigenvalue weighted by Crippen LogP contribution is 2.42. The maximum absolute atomic E-state index is 9.92. The van der Waals surface area contributed by atoms with Crippen LogP contribution < -0.4 is 0 Å². The Morgan fingerprint density at radius 1 is 1.18 bits per heavy atom. The van der Waals surface area contributed by atoms with Gasteiger partial charge in [0.05, 0.1) is 11.7 Å². The molecule has 0 aromatic rings. The number of hydrogen-bond donors (Lipinski definition) is 2. The van der Waals surface area contributed by atoms with E-state index in [9.17, 15) is 10.2 Å². The second-order valence-corrected chi connectivity index (χ2v) is 4.16. The summed E-state index contributed by atoms with van der Waals surface area (Å²) in [5.74, 6) is 0.692.